The monoisotopic (exact) mass is 305 g/mol. The van der Waals surface area contributed by atoms with E-state index in [1.165, 1.54) is 18.2 Å². The lowest BCUT2D eigenvalue weighted by molar-refractivity contribution is -0.132. The highest BCUT2D eigenvalue weighted by Crippen LogP contribution is 2.22. The molecule has 0 saturated heterocycles. The quantitative estimate of drug-likeness (QED) is 0.912. The molecule has 1 atom stereocenters. The van der Waals surface area contributed by atoms with Crippen LogP contribution in [0.15, 0.2) is 18.2 Å². The fraction of sp³-hybridized carbons (Fsp3) is 0.500. The first-order valence-corrected chi connectivity index (χ1v) is 7.29. The Morgan fingerprint density at radius 2 is 2.05 bits per heavy atom. The van der Waals surface area contributed by atoms with Crippen molar-refractivity contribution in [1.82, 2.24) is 15.1 Å². The fourth-order valence-corrected chi connectivity index (χ4v) is 2.70. The molecule has 6 nitrogen and oxygen atoms in total. The standard InChI is InChI=1S/C16H23N3O3/c1-11(17-16(21)22-4)15(20)19(3)8-12-5-6-13-9-18(2)10-14(13)7-12/h5-7,11H,8-10H2,1-4H3,(H,17,21)/t11-/m0/s1. The minimum absolute atomic E-state index is 0.150. The lowest BCUT2D eigenvalue weighted by Gasteiger charge is -2.22. The minimum atomic E-state index is -0.613. The van der Waals surface area contributed by atoms with Crippen molar-refractivity contribution in [3.63, 3.8) is 0 Å². The zero-order chi connectivity index (χ0) is 16.3. The first-order chi connectivity index (χ1) is 10.4. The van der Waals surface area contributed by atoms with Crippen LogP contribution in [0.1, 0.15) is 23.6 Å². The van der Waals surface area contributed by atoms with Crippen molar-refractivity contribution in [2.75, 3.05) is 21.2 Å². The number of carbonyl (C=O) groups is 2. The predicted octanol–water partition coefficient (Wildman–Crippen LogP) is 1.33. The summed E-state index contributed by atoms with van der Waals surface area (Å²) < 4.78 is 4.50. The van der Waals surface area contributed by atoms with Crippen LogP contribution in [0.4, 0.5) is 4.79 Å². The van der Waals surface area contributed by atoms with Crippen LogP contribution in [-0.4, -0.2) is 49.0 Å². The summed E-state index contributed by atoms with van der Waals surface area (Å²) >= 11 is 0. The molecule has 1 N–H and O–H groups in total. The SMILES string of the molecule is COC(=O)N[C@@H](C)C(=O)N(C)Cc1ccc2c(c1)CN(C)C2. The lowest BCUT2D eigenvalue weighted by Crippen LogP contribution is -2.45. The van der Waals surface area contributed by atoms with Crippen LogP contribution in [0.2, 0.25) is 0 Å². The molecule has 2 rings (SSSR count). The largest absolute Gasteiger partial charge is 0.453 e. The smallest absolute Gasteiger partial charge is 0.407 e. The minimum Gasteiger partial charge on any atom is -0.453 e. The Hall–Kier alpha value is -2.08. The van der Waals surface area contributed by atoms with E-state index >= 15 is 0 Å². The van der Waals surface area contributed by atoms with Crippen molar-refractivity contribution in [2.24, 2.45) is 0 Å². The molecule has 120 valence electrons. The molecule has 0 fully saturated rings. The van der Waals surface area contributed by atoms with Crippen LogP contribution in [0.3, 0.4) is 0 Å². The van der Waals surface area contributed by atoms with Crippen molar-refractivity contribution in [2.45, 2.75) is 32.6 Å². The maximum Gasteiger partial charge on any atom is 0.407 e. The van der Waals surface area contributed by atoms with Crippen LogP contribution in [0, 0.1) is 0 Å². The van der Waals surface area contributed by atoms with Crippen molar-refractivity contribution in [1.29, 1.82) is 0 Å². The number of amides is 2. The van der Waals surface area contributed by atoms with Gasteiger partial charge in [-0.05, 0) is 30.7 Å². The van der Waals surface area contributed by atoms with Crippen molar-refractivity contribution < 1.29 is 14.3 Å². The molecule has 22 heavy (non-hydrogen) atoms. The van der Waals surface area contributed by atoms with E-state index in [4.69, 9.17) is 0 Å². The third kappa shape index (κ3) is 3.76. The Morgan fingerprint density at radius 1 is 1.36 bits per heavy atom. The molecule has 1 heterocycles. The summed E-state index contributed by atoms with van der Waals surface area (Å²) in [6, 6.07) is 5.72. The highest BCUT2D eigenvalue weighted by Gasteiger charge is 2.21. The molecule has 0 aliphatic carbocycles. The Balaban J connectivity index is 1.97. The molecule has 0 spiro atoms. The van der Waals surface area contributed by atoms with Gasteiger partial charge in [0.1, 0.15) is 6.04 Å². The topological polar surface area (TPSA) is 61.9 Å². The third-order valence-electron chi connectivity index (χ3n) is 3.84. The Labute approximate surface area is 131 Å². The number of hydrogen-bond acceptors (Lipinski definition) is 4. The number of methoxy groups -OCH3 is 1. The summed E-state index contributed by atoms with van der Waals surface area (Å²) in [4.78, 5) is 27.3. The number of rotatable bonds is 4. The van der Waals surface area contributed by atoms with Crippen LogP contribution in [-0.2, 0) is 29.2 Å². The zero-order valence-electron chi connectivity index (χ0n) is 13.5. The molecule has 1 aromatic carbocycles. The maximum atomic E-state index is 12.2. The summed E-state index contributed by atoms with van der Waals surface area (Å²) in [7, 11) is 5.10. The first-order valence-electron chi connectivity index (χ1n) is 7.29. The van der Waals surface area contributed by atoms with Gasteiger partial charge in [-0.15, -0.1) is 0 Å². The van der Waals surface area contributed by atoms with Crippen molar-refractivity contribution >= 4 is 12.0 Å². The van der Waals surface area contributed by atoms with Crippen LogP contribution < -0.4 is 5.32 Å². The van der Waals surface area contributed by atoms with Crippen LogP contribution >= 0.6 is 0 Å². The van der Waals surface area contributed by atoms with Gasteiger partial charge in [-0.1, -0.05) is 18.2 Å². The number of carbonyl (C=O) groups excluding carboxylic acids is 2. The second-order valence-corrected chi connectivity index (χ2v) is 5.83. The number of alkyl carbamates (subject to hydrolysis) is 1. The predicted molar refractivity (Wildman–Crippen MR) is 83.1 cm³/mol. The van der Waals surface area contributed by atoms with Gasteiger partial charge in [0.2, 0.25) is 5.91 Å². The maximum absolute atomic E-state index is 12.2. The Morgan fingerprint density at radius 3 is 2.73 bits per heavy atom. The van der Waals surface area contributed by atoms with Crippen LogP contribution in [0.25, 0.3) is 0 Å². The molecule has 0 bridgehead atoms. The zero-order valence-corrected chi connectivity index (χ0v) is 13.5. The van der Waals surface area contributed by atoms with Gasteiger partial charge in [0.15, 0.2) is 0 Å². The molecular formula is C16H23N3O3. The second kappa shape index (κ2) is 6.79. The first kappa shape index (κ1) is 16.3. The average molecular weight is 305 g/mol. The van der Waals surface area contributed by atoms with Crippen molar-refractivity contribution in [3.05, 3.63) is 34.9 Å². The number of hydrogen-bond donors (Lipinski definition) is 1. The number of nitrogens with zero attached hydrogens (tertiary/aromatic N) is 2. The molecule has 0 saturated carbocycles. The summed E-state index contributed by atoms with van der Waals surface area (Å²) in [5, 5.41) is 2.48. The third-order valence-corrected chi connectivity index (χ3v) is 3.84. The van der Waals surface area contributed by atoms with Gasteiger partial charge in [0.05, 0.1) is 7.11 Å². The summed E-state index contributed by atoms with van der Waals surface area (Å²) in [5.41, 5.74) is 3.76. The summed E-state index contributed by atoms with van der Waals surface area (Å²) in [6.07, 6.45) is -0.602. The molecule has 0 aromatic heterocycles. The van der Waals surface area contributed by atoms with E-state index in [1.807, 2.05) is 0 Å². The van der Waals surface area contributed by atoms with E-state index in [-0.39, 0.29) is 5.91 Å². The molecule has 6 heteroatoms. The number of likely N-dealkylation sites (N-methyl/N-ethyl adjacent to an activating group) is 1. The van der Waals surface area contributed by atoms with Gasteiger partial charge < -0.3 is 15.0 Å². The highest BCUT2D eigenvalue weighted by atomic mass is 16.5. The van der Waals surface area contributed by atoms with E-state index in [0.29, 0.717) is 6.54 Å². The molecule has 0 unspecified atom stereocenters. The average Bonchev–Trinajstić information content (AvgIpc) is 2.85. The fourth-order valence-electron chi connectivity index (χ4n) is 2.70. The molecular weight excluding hydrogens is 282 g/mol. The van der Waals surface area contributed by atoms with E-state index in [2.05, 4.69) is 40.2 Å². The van der Waals surface area contributed by atoms with E-state index in [9.17, 15) is 9.59 Å². The summed E-state index contributed by atoms with van der Waals surface area (Å²) in [5.74, 6) is -0.150. The molecule has 1 aliphatic rings. The summed E-state index contributed by atoms with van der Waals surface area (Å²) in [6.45, 7) is 4.09. The van der Waals surface area contributed by atoms with Gasteiger partial charge in [0.25, 0.3) is 0 Å². The molecule has 1 aromatic rings. The Kier molecular flexibility index (Phi) is 5.03. The van der Waals surface area contributed by atoms with Gasteiger partial charge in [-0.3, -0.25) is 9.69 Å². The molecule has 2 amide bonds. The second-order valence-electron chi connectivity index (χ2n) is 5.83. The normalized spacial score (nSPS) is 15.1. The van der Waals surface area contributed by atoms with Crippen molar-refractivity contribution in [3.8, 4) is 0 Å². The van der Waals surface area contributed by atoms with Gasteiger partial charge in [-0.2, -0.15) is 0 Å². The van der Waals surface area contributed by atoms with E-state index in [0.717, 1.165) is 18.7 Å². The molecule has 0 radical (unpaired) electrons. The molecule has 1 aliphatic heterocycles. The lowest BCUT2D eigenvalue weighted by atomic mass is 10.1. The Bertz CT molecular complexity index is 574. The number of ether oxygens (including phenoxy) is 1. The highest BCUT2D eigenvalue weighted by molar-refractivity contribution is 5.85. The van der Waals surface area contributed by atoms with Gasteiger partial charge >= 0.3 is 6.09 Å². The number of nitrogens with one attached hydrogen (secondary N) is 1. The van der Waals surface area contributed by atoms with Gasteiger partial charge in [0, 0.05) is 26.7 Å². The van der Waals surface area contributed by atoms with Gasteiger partial charge in [-0.25, -0.2) is 4.79 Å². The van der Waals surface area contributed by atoms with E-state index in [1.54, 1.807) is 18.9 Å². The number of fused-ring (bicyclic) bond motifs is 1. The number of benzene rings is 1. The van der Waals surface area contributed by atoms with Crippen LogP contribution in [0.5, 0.6) is 0 Å². The van der Waals surface area contributed by atoms with E-state index < -0.39 is 12.1 Å².